The smallest absolute Gasteiger partial charge is 0.223 e. The van der Waals surface area contributed by atoms with E-state index in [-0.39, 0.29) is 18.4 Å². The normalized spacial score (nSPS) is 12.7. The van der Waals surface area contributed by atoms with Crippen molar-refractivity contribution in [2.45, 2.75) is 45.6 Å². The minimum absolute atomic E-state index is 0.0599. The predicted octanol–water partition coefficient (Wildman–Crippen LogP) is 3.54. The number of aromatic nitrogens is 1. The highest BCUT2D eigenvalue weighted by molar-refractivity contribution is 5.84. The van der Waals surface area contributed by atoms with Gasteiger partial charge in [-0.2, -0.15) is 0 Å². The summed E-state index contributed by atoms with van der Waals surface area (Å²) < 4.78 is 2.01. The molecule has 2 aromatic rings. The molecular formula is C19H28N2O2. The Morgan fingerprint density at radius 1 is 1.22 bits per heavy atom. The van der Waals surface area contributed by atoms with Gasteiger partial charge in [0.05, 0.1) is 6.10 Å². The molecule has 1 amide bonds. The molecule has 1 heterocycles. The first kappa shape index (κ1) is 17.5. The molecule has 1 aromatic heterocycles. The molecule has 0 bridgehead atoms. The fourth-order valence-electron chi connectivity index (χ4n) is 3.19. The molecule has 2 N–H and O–H groups in total. The van der Waals surface area contributed by atoms with Crippen LogP contribution in [0.15, 0.2) is 30.5 Å². The number of nitrogens with zero attached hydrogens (tertiary/aromatic N) is 1. The Kier molecular flexibility index (Phi) is 6.22. The molecule has 0 radical (unpaired) electrons. The molecule has 0 saturated heterocycles. The molecule has 23 heavy (non-hydrogen) atoms. The minimum Gasteiger partial charge on any atom is -0.386 e. The van der Waals surface area contributed by atoms with Crippen LogP contribution in [0.4, 0.5) is 0 Å². The molecule has 126 valence electrons. The van der Waals surface area contributed by atoms with Crippen LogP contribution in [0, 0.1) is 5.92 Å². The number of aliphatic hydroxyl groups is 1. The van der Waals surface area contributed by atoms with Crippen molar-refractivity contribution in [2.75, 3.05) is 6.54 Å². The minimum atomic E-state index is -0.686. The summed E-state index contributed by atoms with van der Waals surface area (Å²) in [7, 11) is 1.97. The Balaban J connectivity index is 2.03. The number of fused-ring (bicyclic) bond motifs is 1. The number of carbonyl (C=O) groups is 1. The SMILES string of the molecule is CCCC(CCC)C(=O)NCC(O)c1cn(C)c2ccccc12. The number of amides is 1. The van der Waals surface area contributed by atoms with E-state index >= 15 is 0 Å². The number of benzene rings is 1. The fourth-order valence-corrected chi connectivity index (χ4v) is 3.19. The summed E-state index contributed by atoms with van der Waals surface area (Å²) in [5, 5.41) is 14.5. The lowest BCUT2D eigenvalue weighted by Gasteiger charge is -2.17. The monoisotopic (exact) mass is 316 g/mol. The highest BCUT2D eigenvalue weighted by atomic mass is 16.3. The van der Waals surface area contributed by atoms with E-state index in [1.54, 1.807) is 0 Å². The van der Waals surface area contributed by atoms with Gasteiger partial charge in [0.15, 0.2) is 0 Å². The van der Waals surface area contributed by atoms with E-state index in [0.717, 1.165) is 42.1 Å². The summed E-state index contributed by atoms with van der Waals surface area (Å²) in [4.78, 5) is 12.3. The Hall–Kier alpha value is -1.81. The number of hydrogen-bond acceptors (Lipinski definition) is 2. The summed E-state index contributed by atoms with van der Waals surface area (Å²) in [6.45, 7) is 4.46. The van der Waals surface area contributed by atoms with Gasteiger partial charge in [-0.05, 0) is 18.9 Å². The van der Waals surface area contributed by atoms with Gasteiger partial charge in [0.25, 0.3) is 0 Å². The maximum Gasteiger partial charge on any atom is 0.223 e. The van der Waals surface area contributed by atoms with Crippen LogP contribution in [-0.2, 0) is 11.8 Å². The Bertz CT molecular complexity index is 642. The Morgan fingerprint density at radius 3 is 2.52 bits per heavy atom. The summed E-state index contributed by atoms with van der Waals surface area (Å²) in [5.41, 5.74) is 1.95. The van der Waals surface area contributed by atoms with E-state index in [0.29, 0.717) is 0 Å². The third-order valence-electron chi connectivity index (χ3n) is 4.40. The molecule has 0 fully saturated rings. The molecule has 1 unspecified atom stereocenters. The van der Waals surface area contributed by atoms with Crippen LogP contribution in [0.25, 0.3) is 10.9 Å². The van der Waals surface area contributed by atoms with E-state index in [2.05, 4.69) is 19.2 Å². The molecule has 1 atom stereocenters. The second kappa shape index (κ2) is 8.16. The number of para-hydroxylation sites is 1. The molecule has 0 saturated carbocycles. The van der Waals surface area contributed by atoms with Gasteiger partial charge in [0.2, 0.25) is 5.91 Å². The number of carbonyl (C=O) groups excluding carboxylic acids is 1. The molecule has 4 heteroatoms. The van der Waals surface area contributed by atoms with Crippen LogP contribution in [0.1, 0.15) is 51.2 Å². The Labute approximate surface area is 138 Å². The summed E-state index contributed by atoms with van der Waals surface area (Å²) in [5.74, 6) is 0.123. The number of aliphatic hydroxyl groups excluding tert-OH is 1. The zero-order chi connectivity index (χ0) is 16.8. The van der Waals surface area contributed by atoms with Gasteiger partial charge in [0, 0.05) is 42.2 Å². The summed E-state index contributed by atoms with van der Waals surface area (Å²) in [6, 6.07) is 7.99. The molecule has 1 aromatic carbocycles. The maximum absolute atomic E-state index is 12.3. The van der Waals surface area contributed by atoms with Gasteiger partial charge in [-0.15, -0.1) is 0 Å². The highest BCUT2D eigenvalue weighted by Crippen LogP contribution is 2.25. The second-order valence-corrected chi connectivity index (χ2v) is 6.25. The average molecular weight is 316 g/mol. The van der Waals surface area contributed by atoms with Gasteiger partial charge in [-0.1, -0.05) is 44.9 Å². The van der Waals surface area contributed by atoms with Crippen molar-refractivity contribution in [3.8, 4) is 0 Å². The van der Waals surface area contributed by atoms with Gasteiger partial charge in [-0.25, -0.2) is 0 Å². The van der Waals surface area contributed by atoms with Crippen molar-refractivity contribution in [2.24, 2.45) is 13.0 Å². The fraction of sp³-hybridized carbons (Fsp3) is 0.526. The number of hydrogen-bond donors (Lipinski definition) is 2. The number of aryl methyl sites for hydroxylation is 1. The van der Waals surface area contributed by atoms with E-state index in [1.807, 2.05) is 42.1 Å². The van der Waals surface area contributed by atoms with Gasteiger partial charge >= 0.3 is 0 Å². The van der Waals surface area contributed by atoms with Crippen LogP contribution in [0.5, 0.6) is 0 Å². The van der Waals surface area contributed by atoms with E-state index in [9.17, 15) is 9.90 Å². The van der Waals surface area contributed by atoms with Crippen molar-refractivity contribution in [3.63, 3.8) is 0 Å². The standard InChI is InChI=1S/C19H28N2O2/c1-4-8-14(9-5-2)19(23)20-12-18(22)16-13-21(3)17-11-7-6-10-15(16)17/h6-7,10-11,13-14,18,22H,4-5,8-9,12H2,1-3H3,(H,20,23). The second-order valence-electron chi connectivity index (χ2n) is 6.25. The van der Waals surface area contributed by atoms with Crippen LogP contribution in [-0.4, -0.2) is 22.1 Å². The molecule has 0 aliphatic rings. The molecule has 4 nitrogen and oxygen atoms in total. The predicted molar refractivity (Wildman–Crippen MR) is 94.2 cm³/mol. The molecule has 2 rings (SSSR count). The first-order chi connectivity index (χ1) is 11.1. The maximum atomic E-state index is 12.3. The topological polar surface area (TPSA) is 54.3 Å². The van der Waals surface area contributed by atoms with Crippen LogP contribution in [0.2, 0.25) is 0 Å². The van der Waals surface area contributed by atoms with Crippen LogP contribution < -0.4 is 5.32 Å². The number of rotatable bonds is 8. The lowest BCUT2D eigenvalue weighted by Crippen LogP contribution is -2.33. The summed E-state index contributed by atoms with van der Waals surface area (Å²) in [6.07, 6.45) is 5.08. The van der Waals surface area contributed by atoms with Crippen molar-refractivity contribution in [1.29, 1.82) is 0 Å². The molecular weight excluding hydrogens is 288 g/mol. The Morgan fingerprint density at radius 2 is 1.87 bits per heavy atom. The first-order valence-corrected chi connectivity index (χ1v) is 8.58. The quantitative estimate of drug-likeness (QED) is 0.782. The van der Waals surface area contributed by atoms with Crippen molar-refractivity contribution >= 4 is 16.8 Å². The number of nitrogens with one attached hydrogen (secondary N) is 1. The van der Waals surface area contributed by atoms with Crippen LogP contribution >= 0.6 is 0 Å². The average Bonchev–Trinajstić information content (AvgIpc) is 2.89. The zero-order valence-corrected chi connectivity index (χ0v) is 14.4. The van der Waals surface area contributed by atoms with Gasteiger partial charge in [0.1, 0.15) is 0 Å². The van der Waals surface area contributed by atoms with Gasteiger partial charge in [-0.3, -0.25) is 4.79 Å². The van der Waals surface area contributed by atoms with Crippen LogP contribution in [0.3, 0.4) is 0 Å². The van der Waals surface area contributed by atoms with Crippen molar-refractivity contribution < 1.29 is 9.90 Å². The third-order valence-corrected chi connectivity index (χ3v) is 4.40. The largest absolute Gasteiger partial charge is 0.386 e. The van der Waals surface area contributed by atoms with E-state index < -0.39 is 6.10 Å². The summed E-state index contributed by atoms with van der Waals surface area (Å²) >= 11 is 0. The van der Waals surface area contributed by atoms with Crippen molar-refractivity contribution in [1.82, 2.24) is 9.88 Å². The van der Waals surface area contributed by atoms with E-state index in [1.165, 1.54) is 0 Å². The van der Waals surface area contributed by atoms with Gasteiger partial charge < -0.3 is 15.0 Å². The molecule has 0 spiro atoms. The molecule has 0 aliphatic carbocycles. The van der Waals surface area contributed by atoms with Crippen molar-refractivity contribution in [3.05, 3.63) is 36.0 Å². The zero-order valence-electron chi connectivity index (χ0n) is 14.4. The third kappa shape index (κ3) is 4.14. The molecule has 0 aliphatic heterocycles. The lowest BCUT2D eigenvalue weighted by atomic mass is 9.97. The van der Waals surface area contributed by atoms with E-state index in [4.69, 9.17) is 0 Å². The first-order valence-electron chi connectivity index (χ1n) is 8.58. The lowest BCUT2D eigenvalue weighted by molar-refractivity contribution is -0.125. The highest BCUT2D eigenvalue weighted by Gasteiger charge is 2.19.